The summed E-state index contributed by atoms with van der Waals surface area (Å²) >= 11 is 0. The molecule has 0 radical (unpaired) electrons. The Balaban J connectivity index is 2.74. The highest BCUT2D eigenvalue weighted by Gasteiger charge is 1.87. The van der Waals surface area contributed by atoms with E-state index in [1.54, 1.807) is 0 Å². The van der Waals surface area contributed by atoms with Gasteiger partial charge in [-0.05, 0) is 25.4 Å². The largest absolute Gasteiger partial charge is 0.381 e. The molecule has 1 atom stereocenters. The summed E-state index contributed by atoms with van der Waals surface area (Å²) in [6.45, 7) is 5.38. The minimum absolute atomic E-state index is 0.838. The Morgan fingerprint density at radius 2 is 2.00 bits per heavy atom. The fourth-order valence-corrected chi connectivity index (χ4v) is 1.08. The third kappa shape index (κ3) is 10.1. The van der Waals surface area contributed by atoms with E-state index in [1.807, 2.05) is 6.08 Å². The van der Waals surface area contributed by atoms with Crippen molar-refractivity contribution >= 4 is 9.24 Å². The third-order valence-electron chi connectivity index (χ3n) is 1.46. The number of hydrogen-bond donors (Lipinski definition) is 0. The fraction of sp³-hybridized carbons (Fsp3) is 0.778. The molecule has 0 aliphatic rings. The van der Waals surface area contributed by atoms with E-state index in [9.17, 15) is 0 Å². The van der Waals surface area contributed by atoms with Crippen molar-refractivity contribution in [2.45, 2.75) is 25.7 Å². The Kier molecular flexibility index (Phi) is 10.2. The van der Waals surface area contributed by atoms with Gasteiger partial charge in [0.05, 0.1) is 0 Å². The average molecular weight is 174 g/mol. The van der Waals surface area contributed by atoms with Crippen LogP contribution in [0, 0.1) is 0 Å². The van der Waals surface area contributed by atoms with Crippen LogP contribution in [0.4, 0.5) is 0 Å². The van der Waals surface area contributed by atoms with Crippen molar-refractivity contribution in [2.75, 3.05) is 19.4 Å². The van der Waals surface area contributed by atoms with Crippen molar-refractivity contribution in [3.8, 4) is 0 Å². The van der Waals surface area contributed by atoms with Crippen LogP contribution in [0.1, 0.15) is 25.7 Å². The van der Waals surface area contributed by atoms with Crippen LogP contribution in [-0.4, -0.2) is 19.4 Å². The van der Waals surface area contributed by atoms with Gasteiger partial charge in [0.15, 0.2) is 0 Å². The highest BCUT2D eigenvalue weighted by Crippen LogP contribution is 1.98. The minimum Gasteiger partial charge on any atom is -0.381 e. The molecule has 0 spiro atoms. The van der Waals surface area contributed by atoms with Crippen molar-refractivity contribution in [1.82, 2.24) is 0 Å². The van der Waals surface area contributed by atoms with Gasteiger partial charge in [0.2, 0.25) is 0 Å². The van der Waals surface area contributed by atoms with Gasteiger partial charge in [-0.25, -0.2) is 0 Å². The molecule has 11 heavy (non-hydrogen) atoms. The summed E-state index contributed by atoms with van der Waals surface area (Å²) in [7, 11) is 2.74. The number of hydrogen-bond acceptors (Lipinski definition) is 1. The zero-order chi connectivity index (χ0) is 8.36. The van der Waals surface area contributed by atoms with Crippen molar-refractivity contribution in [3.05, 3.63) is 12.7 Å². The summed E-state index contributed by atoms with van der Waals surface area (Å²) in [6.07, 6.45) is 7.87. The van der Waals surface area contributed by atoms with Crippen LogP contribution in [0.15, 0.2) is 12.7 Å². The predicted molar refractivity (Wildman–Crippen MR) is 54.1 cm³/mol. The first-order valence-electron chi connectivity index (χ1n) is 4.30. The molecule has 0 fully saturated rings. The van der Waals surface area contributed by atoms with Crippen LogP contribution in [0.25, 0.3) is 0 Å². The topological polar surface area (TPSA) is 9.23 Å². The van der Waals surface area contributed by atoms with Gasteiger partial charge in [0.25, 0.3) is 0 Å². The van der Waals surface area contributed by atoms with E-state index >= 15 is 0 Å². The first kappa shape index (κ1) is 11.1. The minimum atomic E-state index is 0.838. The molecule has 0 aliphatic heterocycles. The third-order valence-corrected chi connectivity index (χ3v) is 1.87. The molecular formula is C9H19OP. The highest BCUT2D eigenvalue weighted by molar-refractivity contribution is 7.16. The van der Waals surface area contributed by atoms with Crippen LogP contribution in [0.2, 0.25) is 0 Å². The van der Waals surface area contributed by atoms with E-state index in [4.69, 9.17) is 4.74 Å². The Morgan fingerprint density at radius 3 is 2.64 bits per heavy atom. The molecule has 0 heterocycles. The standard InChI is InChI=1S/C9H19OP/c1-2-3-7-10-8-5-4-6-9-11/h2H,1,3-9,11H2. The van der Waals surface area contributed by atoms with E-state index in [0.29, 0.717) is 0 Å². The summed E-state index contributed by atoms with van der Waals surface area (Å²) in [5.74, 6) is 0. The Morgan fingerprint density at radius 1 is 1.18 bits per heavy atom. The number of rotatable bonds is 8. The molecule has 2 heteroatoms. The lowest BCUT2D eigenvalue weighted by Crippen LogP contribution is -1.95. The first-order chi connectivity index (χ1) is 5.41. The smallest absolute Gasteiger partial charge is 0.0500 e. The van der Waals surface area contributed by atoms with Gasteiger partial charge in [0.1, 0.15) is 0 Å². The van der Waals surface area contributed by atoms with Gasteiger partial charge in [-0.2, -0.15) is 0 Å². The summed E-state index contributed by atoms with van der Waals surface area (Å²) in [4.78, 5) is 0. The molecule has 0 aromatic carbocycles. The average Bonchev–Trinajstić information content (AvgIpc) is 2.03. The van der Waals surface area contributed by atoms with Crippen LogP contribution >= 0.6 is 9.24 Å². The molecule has 0 aromatic heterocycles. The van der Waals surface area contributed by atoms with Gasteiger partial charge in [0, 0.05) is 13.2 Å². The summed E-state index contributed by atoms with van der Waals surface area (Å²) in [6, 6.07) is 0. The molecule has 0 bridgehead atoms. The van der Waals surface area contributed by atoms with E-state index in [2.05, 4.69) is 15.8 Å². The van der Waals surface area contributed by atoms with E-state index in [0.717, 1.165) is 19.6 Å². The van der Waals surface area contributed by atoms with Crippen molar-refractivity contribution < 1.29 is 4.74 Å². The summed E-state index contributed by atoms with van der Waals surface area (Å²) in [5, 5.41) is 0. The second-order valence-corrected chi connectivity index (χ2v) is 3.12. The molecule has 1 unspecified atom stereocenters. The second-order valence-electron chi connectivity index (χ2n) is 2.54. The molecule has 0 rings (SSSR count). The zero-order valence-electron chi connectivity index (χ0n) is 7.22. The number of unbranched alkanes of at least 4 members (excludes halogenated alkanes) is 2. The van der Waals surface area contributed by atoms with Crippen LogP contribution < -0.4 is 0 Å². The zero-order valence-corrected chi connectivity index (χ0v) is 8.37. The van der Waals surface area contributed by atoms with Gasteiger partial charge in [-0.3, -0.25) is 0 Å². The maximum Gasteiger partial charge on any atom is 0.0500 e. The van der Waals surface area contributed by atoms with Crippen molar-refractivity contribution in [3.63, 3.8) is 0 Å². The molecule has 66 valence electrons. The molecule has 0 amide bonds. The Hall–Kier alpha value is 0.130. The fourth-order valence-electron chi connectivity index (χ4n) is 0.794. The lowest BCUT2D eigenvalue weighted by Gasteiger charge is -2.00. The Bertz CT molecular complexity index is 83.6. The molecular weight excluding hydrogens is 155 g/mol. The van der Waals surface area contributed by atoms with Gasteiger partial charge in [-0.15, -0.1) is 15.8 Å². The van der Waals surface area contributed by atoms with Crippen LogP contribution in [-0.2, 0) is 4.74 Å². The van der Waals surface area contributed by atoms with Crippen molar-refractivity contribution in [1.29, 1.82) is 0 Å². The highest BCUT2D eigenvalue weighted by atomic mass is 31.0. The van der Waals surface area contributed by atoms with E-state index in [1.165, 1.54) is 25.4 Å². The molecule has 0 saturated carbocycles. The second kappa shape index (κ2) is 10.1. The summed E-state index contributed by atoms with van der Waals surface area (Å²) < 4.78 is 5.34. The van der Waals surface area contributed by atoms with Gasteiger partial charge >= 0.3 is 0 Å². The molecule has 0 aromatic rings. The number of ether oxygens (including phenoxy) is 1. The normalized spacial score (nSPS) is 9.91. The van der Waals surface area contributed by atoms with Crippen LogP contribution in [0.5, 0.6) is 0 Å². The Labute approximate surface area is 72.4 Å². The molecule has 1 nitrogen and oxygen atoms in total. The lowest BCUT2D eigenvalue weighted by atomic mass is 10.3. The summed E-state index contributed by atoms with van der Waals surface area (Å²) in [5.41, 5.74) is 0. The van der Waals surface area contributed by atoms with E-state index in [-0.39, 0.29) is 0 Å². The molecule has 0 saturated heterocycles. The maximum absolute atomic E-state index is 5.34. The quantitative estimate of drug-likeness (QED) is 0.312. The lowest BCUT2D eigenvalue weighted by molar-refractivity contribution is 0.135. The molecule has 0 aliphatic carbocycles. The van der Waals surface area contributed by atoms with Gasteiger partial charge < -0.3 is 4.74 Å². The van der Waals surface area contributed by atoms with Crippen molar-refractivity contribution in [2.24, 2.45) is 0 Å². The maximum atomic E-state index is 5.34. The SMILES string of the molecule is C=CCCOCCCCCP. The van der Waals surface area contributed by atoms with E-state index < -0.39 is 0 Å². The van der Waals surface area contributed by atoms with Crippen LogP contribution in [0.3, 0.4) is 0 Å². The van der Waals surface area contributed by atoms with Gasteiger partial charge in [-0.1, -0.05) is 12.5 Å². The predicted octanol–water partition coefficient (Wildman–Crippen LogP) is 2.62. The monoisotopic (exact) mass is 174 g/mol. The molecule has 0 N–H and O–H groups in total. The first-order valence-corrected chi connectivity index (χ1v) is 5.12.